The summed E-state index contributed by atoms with van der Waals surface area (Å²) in [6, 6.07) is 12.5. The highest BCUT2D eigenvalue weighted by Gasteiger charge is 2.30. The van der Waals surface area contributed by atoms with Crippen LogP contribution in [0.5, 0.6) is 0 Å². The fourth-order valence-electron chi connectivity index (χ4n) is 3.25. The van der Waals surface area contributed by atoms with E-state index in [1.54, 1.807) is 42.5 Å². The van der Waals surface area contributed by atoms with Crippen molar-refractivity contribution in [2.75, 3.05) is 0 Å². The van der Waals surface area contributed by atoms with Gasteiger partial charge in [-0.05, 0) is 37.5 Å². The molecular formula is C23H28ClN3O4. The fraction of sp³-hybridized carbons (Fsp3) is 0.391. The molecule has 0 saturated carbocycles. The van der Waals surface area contributed by atoms with Gasteiger partial charge in [0.25, 0.3) is 5.69 Å². The third kappa shape index (κ3) is 6.79. The highest BCUT2D eigenvalue weighted by molar-refractivity contribution is 6.30. The molecular weight excluding hydrogens is 418 g/mol. The quantitative estimate of drug-likeness (QED) is 0.430. The minimum Gasteiger partial charge on any atom is -0.352 e. The normalized spacial score (nSPS) is 12.6. The van der Waals surface area contributed by atoms with Crippen LogP contribution in [0.15, 0.2) is 48.5 Å². The summed E-state index contributed by atoms with van der Waals surface area (Å²) < 4.78 is 0. The summed E-state index contributed by atoms with van der Waals surface area (Å²) in [5.74, 6) is -0.586. The Labute approximate surface area is 187 Å². The van der Waals surface area contributed by atoms with Gasteiger partial charge < -0.3 is 10.2 Å². The first-order valence-electron chi connectivity index (χ1n) is 10.3. The third-order valence-corrected chi connectivity index (χ3v) is 5.44. The lowest BCUT2D eigenvalue weighted by molar-refractivity contribution is -0.385. The van der Waals surface area contributed by atoms with Crippen molar-refractivity contribution in [3.63, 3.8) is 0 Å². The number of para-hydroxylation sites is 1. The molecule has 0 heterocycles. The maximum atomic E-state index is 13.3. The lowest BCUT2D eigenvalue weighted by Crippen LogP contribution is -2.51. The van der Waals surface area contributed by atoms with E-state index >= 15 is 0 Å². The Morgan fingerprint density at radius 2 is 1.74 bits per heavy atom. The molecule has 8 heteroatoms. The van der Waals surface area contributed by atoms with E-state index < -0.39 is 11.0 Å². The lowest BCUT2D eigenvalue weighted by atomic mass is 10.0. The van der Waals surface area contributed by atoms with Gasteiger partial charge in [0.1, 0.15) is 6.04 Å². The van der Waals surface area contributed by atoms with Crippen LogP contribution in [-0.2, 0) is 22.6 Å². The van der Waals surface area contributed by atoms with Crippen molar-refractivity contribution in [1.29, 1.82) is 0 Å². The summed E-state index contributed by atoms with van der Waals surface area (Å²) in [7, 11) is 0. The van der Waals surface area contributed by atoms with Gasteiger partial charge in [-0.15, -0.1) is 0 Å². The second-order valence-electron chi connectivity index (χ2n) is 7.45. The van der Waals surface area contributed by atoms with Gasteiger partial charge in [0.05, 0.1) is 11.3 Å². The number of nitro benzene ring substituents is 1. The van der Waals surface area contributed by atoms with Gasteiger partial charge in [-0.1, -0.05) is 55.8 Å². The van der Waals surface area contributed by atoms with Gasteiger partial charge in [0.2, 0.25) is 11.8 Å². The molecule has 0 spiro atoms. The Hall–Kier alpha value is -2.93. The maximum Gasteiger partial charge on any atom is 0.273 e. The number of amides is 2. The predicted molar refractivity (Wildman–Crippen MR) is 121 cm³/mol. The van der Waals surface area contributed by atoms with Crippen molar-refractivity contribution < 1.29 is 14.5 Å². The summed E-state index contributed by atoms with van der Waals surface area (Å²) >= 11 is 5.97. The van der Waals surface area contributed by atoms with Crippen LogP contribution in [0.1, 0.15) is 44.7 Å². The number of hydrogen-bond donors (Lipinski definition) is 1. The zero-order valence-electron chi connectivity index (χ0n) is 18.0. The number of nitrogens with one attached hydrogen (secondary N) is 1. The molecule has 2 atom stereocenters. The van der Waals surface area contributed by atoms with E-state index in [1.807, 2.05) is 20.8 Å². The zero-order valence-corrected chi connectivity index (χ0v) is 18.8. The summed E-state index contributed by atoms with van der Waals surface area (Å²) in [4.78, 5) is 38.6. The van der Waals surface area contributed by atoms with Crippen molar-refractivity contribution in [1.82, 2.24) is 10.2 Å². The van der Waals surface area contributed by atoms with Crippen LogP contribution in [-0.4, -0.2) is 33.7 Å². The number of nitrogens with zero attached hydrogens (tertiary/aromatic N) is 2. The van der Waals surface area contributed by atoms with Crippen molar-refractivity contribution in [2.45, 2.75) is 58.7 Å². The molecule has 7 nitrogen and oxygen atoms in total. The van der Waals surface area contributed by atoms with Crippen LogP contribution in [0, 0.1) is 10.1 Å². The Morgan fingerprint density at radius 1 is 1.10 bits per heavy atom. The van der Waals surface area contributed by atoms with Crippen molar-refractivity contribution in [3.05, 3.63) is 74.8 Å². The van der Waals surface area contributed by atoms with E-state index in [4.69, 9.17) is 11.6 Å². The molecule has 0 aromatic heterocycles. The van der Waals surface area contributed by atoms with E-state index in [0.717, 1.165) is 12.0 Å². The van der Waals surface area contributed by atoms with Gasteiger partial charge in [-0.25, -0.2) is 0 Å². The number of halogens is 1. The Morgan fingerprint density at radius 3 is 2.32 bits per heavy atom. The fourth-order valence-corrected chi connectivity index (χ4v) is 3.38. The van der Waals surface area contributed by atoms with Crippen LogP contribution in [0.25, 0.3) is 0 Å². The summed E-state index contributed by atoms with van der Waals surface area (Å²) in [5.41, 5.74) is 1.02. The molecule has 0 fully saturated rings. The molecule has 0 saturated heterocycles. The van der Waals surface area contributed by atoms with E-state index in [2.05, 4.69) is 5.32 Å². The lowest BCUT2D eigenvalue weighted by Gasteiger charge is -2.31. The first-order chi connectivity index (χ1) is 14.8. The maximum absolute atomic E-state index is 13.3. The summed E-state index contributed by atoms with van der Waals surface area (Å²) in [6.07, 6.45) is 1.01. The first kappa shape index (κ1) is 24.3. The van der Waals surface area contributed by atoms with Crippen molar-refractivity contribution in [2.24, 2.45) is 0 Å². The molecule has 1 N–H and O–H groups in total. The summed E-state index contributed by atoms with van der Waals surface area (Å²) in [5, 5.41) is 14.9. The molecule has 0 aliphatic carbocycles. The van der Waals surface area contributed by atoms with E-state index in [1.165, 1.54) is 11.0 Å². The Balaban J connectivity index is 2.35. The number of benzene rings is 2. The monoisotopic (exact) mass is 445 g/mol. The number of hydrogen-bond acceptors (Lipinski definition) is 4. The number of nitro groups is 1. The van der Waals surface area contributed by atoms with Gasteiger partial charge in [-0.3, -0.25) is 19.7 Å². The highest BCUT2D eigenvalue weighted by atomic mass is 35.5. The minimum absolute atomic E-state index is 0.0238. The molecule has 2 aromatic carbocycles. The van der Waals surface area contributed by atoms with Crippen molar-refractivity contribution >= 4 is 29.1 Å². The second kappa shape index (κ2) is 11.5. The molecule has 2 amide bonds. The Kier molecular flexibility index (Phi) is 9.00. The van der Waals surface area contributed by atoms with Gasteiger partial charge in [0.15, 0.2) is 0 Å². The van der Waals surface area contributed by atoms with Crippen LogP contribution in [0.3, 0.4) is 0 Å². The molecule has 166 valence electrons. The Bertz CT molecular complexity index is 917. The molecule has 31 heavy (non-hydrogen) atoms. The predicted octanol–water partition coefficient (Wildman–Crippen LogP) is 4.51. The van der Waals surface area contributed by atoms with Gasteiger partial charge in [0, 0.05) is 29.2 Å². The first-order valence-corrected chi connectivity index (χ1v) is 10.7. The van der Waals surface area contributed by atoms with E-state index in [-0.39, 0.29) is 36.5 Å². The zero-order chi connectivity index (χ0) is 23.0. The molecule has 0 bridgehead atoms. The smallest absolute Gasteiger partial charge is 0.273 e. The van der Waals surface area contributed by atoms with E-state index in [0.29, 0.717) is 17.0 Å². The van der Waals surface area contributed by atoms with Crippen LogP contribution >= 0.6 is 11.6 Å². The topological polar surface area (TPSA) is 92.6 Å². The van der Waals surface area contributed by atoms with Crippen LogP contribution in [0.4, 0.5) is 5.69 Å². The van der Waals surface area contributed by atoms with Gasteiger partial charge >= 0.3 is 0 Å². The molecule has 0 aliphatic heterocycles. The SMILES string of the molecule is CC[C@@H](C)NC(=O)[C@@H](CC)N(Cc1ccc(Cl)cc1)C(=O)Cc1ccccc1[N+](=O)[O-]. The van der Waals surface area contributed by atoms with Crippen LogP contribution in [0.2, 0.25) is 5.02 Å². The summed E-state index contributed by atoms with van der Waals surface area (Å²) in [6.45, 7) is 5.91. The van der Waals surface area contributed by atoms with Crippen molar-refractivity contribution in [3.8, 4) is 0 Å². The number of carbonyl (C=O) groups is 2. The van der Waals surface area contributed by atoms with Gasteiger partial charge in [-0.2, -0.15) is 0 Å². The highest BCUT2D eigenvalue weighted by Crippen LogP contribution is 2.21. The molecule has 2 rings (SSSR count). The second-order valence-corrected chi connectivity index (χ2v) is 7.89. The van der Waals surface area contributed by atoms with Crippen LogP contribution < -0.4 is 5.32 Å². The number of rotatable bonds is 10. The standard InChI is InChI=1S/C23H28ClN3O4/c1-4-16(3)25-23(29)20(5-2)26(15-17-10-12-19(24)13-11-17)22(28)14-18-8-6-7-9-21(18)27(30)31/h6-13,16,20H,4-5,14-15H2,1-3H3,(H,25,29)/t16-,20-/m1/s1. The largest absolute Gasteiger partial charge is 0.352 e. The molecule has 0 radical (unpaired) electrons. The average molecular weight is 446 g/mol. The molecule has 0 aliphatic rings. The number of carbonyl (C=O) groups excluding carboxylic acids is 2. The average Bonchev–Trinajstić information content (AvgIpc) is 2.75. The molecule has 0 unspecified atom stereocenters. The van der Waals surface area contributed by atoms with E-state index in [9.17, 15) is 19.7 Å². The third-order valence-electron chi connectivity index (χ3n) is 5.18. The molecule has 2 aromatic rings. The minimum atomic E-state index is -0.694.